The lowest BCUT2D eigenvalue weighted by Gasteiger charge is -2.14. The van der Waals surface area contributed by atoms with Gasteiger partial charge in [-0.15, -0.1) is 0 Å². The lowest BCUT2D eigenvalue weighted by molar-refractivity contribution is 0.586. The van der Waals surface area contributed by atoms with E-state index in [1.54, 1.807) is 0 Å². The summed E-state index contributed by atoms with van der Waals surface area (Å²) in [6, 6.07) is 9.00. The molecule has 0 fully saturated rings. The van der Waals surface area contributed by atoms with Gasteiger partial charge in [0.1, 0.15) is 0 Å². The van der Waals surface area contributed by atoms with Crippen molar-refractivity contribution >= 4 is 0 Å². The third-order valence-corrected chi connectivity index (χ3v) is 2.37. The van der Waals surface area contributed by atoms with Crippen LogP contribution in [-0.4, -0.2) is 6.04 Å². The van der Waals surface area contributed by atoms with Crippen molar-refractivity contribution in [3.8, 4) is 0 Å². The summed E-state index contributed by atoms with van der Waals surface area (Å²) in [5, 5.41) is 0. The summed E-state index contributed by atoms with van der Waals surface area (Å²) < 4.78 is 0. The van der Waals surface area contributed by atoms with E-state index in [0.717, 1.165) is 6.42 Å². The Morgan fingerprint density at radius 1 is 1.15 bits per heavy atom. The molecule has 0 bridgehead atoms. The molecule has 0 saturated heterocycles. The van der Waals surface area contributed by atoms with E-state index < -0.39 is 0 Å². The fraction of sp³-hybridized carbons (Fsp3) is 0.500. The second-order valence-electron chi connectivity index (χ2n) is 4.02. The van der Waals surface area contributed by atoms with Crippen molar-refractivity contribution in [2.24, 2.45) is 5.73 Å². The summed E-state index contributed by atoms with van der Waals surface area (Å²) in [7, 11) is 0. The van der Waals surface area contributed by atoms with Crippen LogP contribution in [0.5, 0.6) is 0 Å². The molecule has 0 aliphatic rings. The van der Waals surface area contributed by atoms with Crippen molar-refractivity contribution in [1.29, 1.82) is 0 Å². The van der Waals surface area contributed by atoms with E-state index in [4.69, 9.17) is 5.73 Å². The zero-order valence-electron chi connectivity index (χ0n) is 8.75. The van der Waals surface area contributed by atoms with E-state index in [1.807, 2.05) is 0 Å². The first-order valence-corrected chi connectivity index (χ1v) is 4.91. The van der Waals surface area contributed by atoms with E-state index in [9.17, 15) is 0 Å². The Morgan fingerprint density at radius 3 is 2.15 bits per heavy atom. The highest BCUT2D eigenvalue weighted by Gasteiger charge is 2.06. The van der Waals surface area contributed by atoms with Crippen LogP contribution < -0.4 is 5.73 Å². The van der Waals surface area contributed by atoms with Crippen LogP contribution in [0.15, 0.2) is 24.3 Å². The number of hydrogen-bond acceptors (Lipinski definition) is 1. The predicted octanol–water partition coefficient (Wildman–Crippen LogP) is 2.84. The van der Waals surface area contributed by atoms with Crippen LogP contribution in [0.4, 0.5) is 0 Å². The van der Waals surface area contributed by atoms with Crippen LogP contribution in [0.2, 0.25) is 0 Å². The summed E-state index contributed by atoms with van der Waals surface area (Å²) in [5.41, 5.74) is 8.47. The molecule has 0 saturated carbocycles. The Morgan fingerprint density at radius 2 is 1.69 bits per heavy atom. The average molecular weight is 177 g/mol. The molecule has 1 heteroatoms. The molecule has 1 nitrogen and oxygen atoms in total. The summed E-state index contributed by atoms with van der Waals surface area (Å²) >= 11 is 0. The monoisotopic (exact) mass is 177 g/mol. The van der Waals surface area contributed by atoms with Crippen molar-refractivity contribution in [3.63, 3.8) is 0 Å². The van der Waals surface area contributed by atoms with E-state index >= 15 is 0 Å². The van der Waals surface area contributed by atoms with Crippen LogP contribution in [0.1, 0.15) is 37.3 Å². The minimum absolute atomic E-state index is 0.288. The number of nitrogens with two attached hydrogens (primary N) is 1. The second kappa shape index (κ2) is 4.43. The Balaban J connectivity index is 2.66. The summed E-state index contributed by atoms with van der Waals surface area (Å²) in [4.78, 5) is 0. The van der Waals surface area contributed by atoms with E-state index in [2.05, 4.69) is 45.0 Å². The SMILES string of the molecule is Cc1ccc([C@H](C)C[C@H](C)N)cc1. The maximum Gasteiger partial charge on any atom is 0.00162 e. The van der Waals surface area contributed by atoms with Crippen LogP contribution in [-0.2, 0) is 0 Å². The molecule has 0 aromatic heterocycles. The van der Waals surface area contributed by atoms with Crippen molar-refractivity contribution < 1.29 is 0 Å². The number of hydrogen-bond donors (Lipinski definition) is 1. The average Bonchev–Trinajstić information content (AvgIpc) is 2.04. The Bertz CT molecular complexity index is 248. The molecule has 0 spiro atoms. The Kier molecular flexibility index (Phi) is 3.49. The van der Waals surface area contributed by atoms with Gasteiger partial charge in [-0.1, -0.05) is 36.8 Å². The molecule has 0 amide bonds. The minimum atomic E-state index is 0.288. The first-order valence-electron chi connectivity index (χ1n) is 4.91. The molecular formula is C12H19N. The van der Waals surface area contributed by atoms with Gasteiger partial charge < -0.3 is 5.73 Å². The Hall–Kier alpha value is -0.820. The molecule has 1 aromatic rings. The van der Waals surface area contributed by atoms with Crippen molar-refractivity contribution in [2.75, 3.05) is 0 Å². The van der Waals surface area contributed by atoms with Gasteiger partial charge in [0.05, 0.1) is 0 Å². The van der Waals surface area contributed by atoms with Crippen LogP contribution >= 0.6 is 0 Å². The van der Waals surface area contributed by atoms with E-state index in [1.165, 1.54) is 11.1 Å². The fourth-order valence-electron chi connectivity index (χ4n) is 1.59. The number of rotatable bonds is 3. The minimum Gasteiger partial charge on any atom is -0.328 e. The zero-order valence-corrected chi connectivity index (χ0v) is 8.75. The van der Waals surface area contributed by atoms with E-state index in [0.29, 0.717) is 5.92 Å². The lowest BCUT2D eigenvalue weighted by Crippen LogP contribution is -2.17. The Labute approximate surface area is 81.0 Å². The van der Waals surface area contributed by atoms with Gasteiger partial charge in [-0.2, -0.15) is 0 Å². The molecule has 1 aromatic carbocycles. The largest absolute Gasteiger partial charge is 0.328 e. The molecule has 0 unspecified atom stereocenters. The number of benzene rings is 1. The topological polar surface area (TPSA) is 26.0 Å². The molecule has 2 N–H and O–H groups in total. The maximum atomic E-state index is 5.76. The van der Waals surface area contributed by atoms with Gasteiger partial charge in [0.15, 0.2) is 0 Å². The third kappa shape index (κ3) is 3.19. The van der Waals surface area contributed by atoms with Crippen LogP contribution in [0.3, 0.4) is 0 Å². The van der Waals surface area contributed by atoms with Gasteiger partial charge in [0, 0.05) is 6.04 Å². The molecule has 0 heterocycles. The first-order chi connectivity index (χ1) is 6.09. The van der Waals surface area contributed by atoms with Crippen LogP contribution in [0, 0.1) is 6.92 Å². The fourth-order valence-corrected chi connectivity index (χ4v) is 1.59. The summed E-state index contributed by atoms with van der Waals surface area (Å²) in [6.45, 7) is 6.40. The molecule has 0 aliphatic carbocycles. The van der Waals surface area contributed by atoms with Gasteiger partial charge in [-0.3, -0.25) is 0 Å². The summed E-state index contributed by atoms with van der Waals surface area (Å²) in [5.74, 6) is 0.570. The van der Waals surface area contributed by atoms with Gasteiger partial charge in [-0.25, -0.2) is 0 Å². The van der Waals surface area contributed by atoms with Crippen molar-refractivity contribution in [3.05, 3.63) is 35.4 Å². The third-order valence-electron chi connectivity index (χ3n) is 2.37. The molecule has 0 radical (unpaired) electrons. The smallest absolute Gasteiger partial charge is 0.00162 e. The maximum absolute atomic E-state index is 5.76. The van der Waals surface area contributed by atoms with Gasteiger partial charge in [-0.05, 0) is 31.7 Å². The predicted molar refractivity (Wildman–Crippen MR) is 57.9 cm³/mol. The molecule has 2 atom stereocenters. The molecule has 13 heavy (non-hydrogen) atoms. The molecule has 0 aliphatic heterocycles. The normalized spacial score (nSPS) is 15.4. The molecule has 1 rings (SSSR count). The van der Waals surface area contributed by atoms with Gasteiger partial charge in [0.25, 0.3) is 0 Å². The zero-order chi connectivity index (χ0) is 9.84. The van der Waals surface area contributed by atoms with Gasteiger partial charge >= 0.3 is 0 Å². The molecular weight excluding hydrogens is 158 g/mol. The van der Waals surface area contributed by atoms with Crippen molar-refractivity contribution in [1.82, 2.24) is 0 Å². The molecule has 72 valence electrons. The van der Waals surface area contributed by atoms with E-state index in [-0.39, 0.29) is 6.04 Å². The van der Waals surface area contributed by atoms with Crippen LogP contribution in [0.25, 0.3) is 0 Å². The highest BCUT2D eigenvalue weighted by Crippen LogP contribution is 2.20. The quantitative estimate of drug-likeness (QED) is 0.755. The highest BCUT2D eigenvalue weighted by molar-refractivity contribution is 5.24. The number of aryl methyl sites for hydroxylation is 1. The standard InChI is InChI=1S/C12H19N/c1-9-4-6-12(7-5-9)10(2)8-11(3)13/h4-7,10-11H,8,13H2,1-3H3/t10-,11+/m1/s1. The van der Waals surface area contributed by atoms with Gasteiger partial charge in [0.2, 0.25) is 0 Å². The summed E-state index contributed by atoms with van der Waals surface area (Å²) in [6.07, 6.45) is 1.06. The van der Waals surface area contributed by atoms with Crippen molar-refractivity contribution in [2.45, 2.75) is 39.2 Å². The second-order valence-corrected chi connectivity index (χ2v) is 4.02. The highest BCUT2D eigenvalue weighted by atomic mass is 14.6. The lowest BCUT2D eigenvalue weighted by atomic mass is 9.94. The first kappa shape index (κ1) is 10.3.